The second kappa shape index (κ2) is 6.16. The van der Waals surface area contributed by atoms with Crippen molar-refractivity contribution >= 4 is 38.3 Å². The van der Waals surface area contributed by atoms with E-state index in [-0.39, 0.29) is 11.9 Å². The van der Waals surface area contributed by atoms with Crippen LogP contribution in [-0.2, 0) is 10.8 Å². The predicted molar refractivity (Wildman–Crippen MR) is 74.4 cm³/mol. The molecule has 0 radical (unpaired) electrons. The topological polar surface area (TPSA) is 72.2 Å². The lowest BCUT2D eigenvalue weighted by atomic mass is 10.2. The van der Waals surface area contributed by atoms with E-state index in [1.807, 2.05) is 6.92 Å². The maximum absolute atomic E-state index is 11.9. The van der Waals surface area contributed by atoms with E-state index in [1.165, 1.54) is 0 Å². The minimum absolute atomic E-state index is 0.137. The van der Waals surface area contributed by atoms with Crippen molar-refractivity contribution in [2.45, 2.75) is 13.0 Å². The van der Waals surface area contributed by atoms with Gasteiger partial charge in [-0.1, -0.05) is 0 Å². The Balaban J connectivity index is 2.76. The van der Waals surface area contributed by atoms with Gasteiger partial charge in [0.1, 0.15) is 0 Å². The summed E-state index contributed by atoms with van der Waals surface area (Å²) >= 11 is 3.30. The minimum atomic E-state index is -0.929. The van der Waals surface area contributed by atoms with Crippen LogP contribution in [0, 0.1) is 0 Å². The zero-order valence-corrected chi connectivity index (χ0v) is 12.1. The van der Waals surface area contributed by atoms with Crippen molar-refractivity contribution in [3.8, 4) is 0 Å². The van der Waals surface area contributed by atoms with Crippen LogP contribution in [0.15, 0.2) is 22.7 Å². The highest BCUT2D eigenvalue weighted by Gasteiger charge is 2.13. The van der Waals surface area contributed by atoms with Gasteiger partial charge in [0.05, 0.1) is 5.56 Å². The Bertz CT molecular complexity index is 451. The SMILES string of the molecule is CC(CS(C)=O)NC(=O)c1cc(N)ccc1Br. The van der Waals surface area contributed by atoms with Crippen LogP contribution in [0.4, 0.5) is 5.69 Å². The summed E-state index contributed by atoms with van der Waals surface area (Å²) in [5, 5.41) is 2.78. The molecule has 0 aliphatic heterocycles. The molecule has 6 heteroatoms. The summed E-state index contributed by atoms with van der Waals surface area (Å²) < 4.78 is 11.7. The van der Waals surface area contributed by atoms with Crippen molar-refractivity contribution in [2.75, 3.05) is 17.7 Å². The zero-order valence-electron chi connectivity index (χ0n) is 9.70. The lowest BCUT2D eigenvalue weighted by molar-refractivity contribution is 0.0943. The van der Waals surface area contributed by atoms with Gasteiger partial charge in [-0.15, -0.1) is 0 Å². The number of hydrogen-bond donors (Lipinski definition) is 2. The first-order valence-electron chi connectivity index (χ1n) is 5.06. The number of carbonyl (C=O) groups excluding carboxylic acids is 1. The van der Waals surface area contributed by atoms with Gasteiger partial charge in [-0.25, -0.2) is 0 Å². The van der Waals surface area contributed by atoms with Gasteiger partial charge in [0, 0.05) is 39.0 Å². The molecular formula is C11H15BrN2O2S. The third-order valence-corrected chi connectivity index (χ3v) is 3.76. The Labute approximate surface area is 112 Å². The van der Waals surface area contributed by atoms with Gasteiger partial charge in [0.25, 0.3) is 5.91 Å². The third kappa shape index (κ3) is 4.47. The van der Waals surface area contributed by atoms with Gasteiger partial charge < -0.3 is 11.1 Å². The van der Waals surface area contributed by atoms with Crippen LogP contribution in [0.2, 0.25) is 0 Å². The Morgan fingerprint density at radius 1 is 1.59 bits per heavy atom. The van der Waals surface area contributed by atoms with Crippen molar-refractivity contribution in [3.63, 3.8) is 0 Å². The smallest absolute Gasteiger partial charge is 0.252 e. The molecule has 0 spiro atoms. The van der Waals surface area contributed by atoms with Gasteiger partial charge in [-0.3, -0.25) is 9.00 Å². The highest BCUT2D eigenvalue weighted by Crippen LogP contribution is 2.19. The third-order valence-electron chi connectivity index (χ3n) is 2.10. The molecule has 4 nitrogen and oxygen atoms in total. The Morgan fingerprint density at radius 3 is 2.82 bits per heavy atom. The first-order valence-corrected chi connectivity index (χ1v) is 7.58. The fourth-order valence-electron chi connectivity index (χ4n) is 1.41. The number of nitrogen functional groups attached to an aromatic ring is 1. The molecule has 2 atom stereocenters. The second-order valence-electron chi connectivity index (χ2n) is 3.85. The van der Waals surface area contributed by atoms with Crippen LogP contribution in [0.3, 0.4) is 0 Å². The lowest BCUT2D eigenvalue weighted by Crippen LogP contribution is -2.36. The molecule has 0 aliphatic carbocycles. The molecule has 3 N–H and O–H groups in total. The van der Waals surface area contributed by atoms with E-state index >= 15 is 0 Å². The normalized spacial score (nSPS) is 14.1. The van der Waals surface area contributed by atoms with Crippen molar-refractivity contribution < 1.29 is 9.00 Å². The summed E-state index contributed by atoms with van der Waals surface area (Å²) in [5.74, 6) is 0.216. The Hall–Kier alpha value is -0.880. The van der Waals surface area contributed by atoms with Gasteiger partial charge in [-0.05, 0) is 41.1 Å². The van der Waals surface area contributed by atoms with Crippen LogP contribution in [0.25, 0.3) is 0 Å². The molecule has 0 aromatic heterocycles. The van der Waals surface area contributed by atoms with Gasteiger partial charge in [0.15, 0.2) is 0 Å². The molecule has 0 fully saturated rings. The van der Waals surface area contributed by atoms with E-state index < -0.39 is 10.8 Å². The minimum Gasteiger partial charge on any atom is -0.399 e. The van der Waals surface area contributed by atoms with E-state index in [9.17, 15) is 9.00 Å². The number of hydrogen-bond acceptors (Lipinski definition) is 3. The predicted octanol–water partition coefficient (Wildman–Crippen LogP) is 1.53. The average molecular weight is 319 g/mol. The molecular weight excluding hydrogens is 304 g/mol. The standard InChI is InChI=1S/C11H15BrN2O2S/c1-7(6-17(2)16)14-11(15)9-5-8(13)3-4-10(9)12/h3-5,7H,6,13H2,1-2H3,(H,14,15). The second-order valence-corrected chi connectivity index (χ2v) is 6.19. The quantitative estimate of drug-likeness (QED) is 0.827. The summed E-state index contributed by atoms with van der Waals surface area (Å²) in [7, 11) is -0.929. The number of benzene rings is 1. The summed E-state index contributed by atoms with van der Waals surface area (Å²) in [6.45, 7) is 1.82. The highest BCUT2D eigenvalue weighted by atomic mass is 79.9. The molecule has 0 saturated carbocycles. The number of nitrogens with two attached hydrogens (primary N) is 1. The summed E-state index contributed by atoms with van der Waals surface area (Å²) in [5.41, 5.74) is 6.64. The van der Waals surface area contributed by atoms with Crippen molar-refractivity contribution in [1.82, 2.24) is 5.32 Å². The van der Waals surface area contributed by atoms with E-state index in [0.29, 0.717) is 21.5 Å². The monoisotopic (exact) mass is 318 g/mol. The molecule has 1 rings (SSSR count). The number of nitrogens with one attached hydrogen (secondary N) is 1. The average Bonchev–Trinajstić information content (AvgIpc) is 2.20. The van der Waals surface area contributed by atoms with Crippen LogP contribution >= 0.6 is 15.9 Å². The fraction of sp³-hybridized carbons (Fsp3) is 0.364. The van der Waals surface area contributed by atoms with E-state index in [2.05, 4.69) is 21.2 Å². The molecule has 0 heterocycles. The lowest BCUT2D eigenvalue weighted by Gasteiger charge is -2.13. The molecule has 1 aromatic rings. The number of halogens is 1. The number of amides is 1. The van der Waals surface area contributed by atoms with E-state index in [1.54, 1.807) is 24.5 Å². The molecule has 1 amide bonds. The molecule has 0 bridgehead atoms. The summed E-state index contributed by atoms with van der Waals surface area (Å²) in [6.07, 6.45) is 1.61. The van der Waals surface area contributed by atoms with Gasteiger partial charge >= 0.3 is 0 Å². The number of carbonyl (C=O) groups is 1. The Morgan fingerprint density at radius 2 is 2.24 bits per heavy atom. The molecule has 2 unspecified atom stereocenters. The first-order chi connectivity index (χ1) is 7.90. The van der Waals surface area contributed by atoms with Crippen molar-refractivity contribution in [3.05, 3.63) is 28.2 Å². The first kappa shape index (κ1) is 14.2. The highest BCUT2D eigenvalue weighted by molar-refractivity contribution is 9.10. The van der Waals surface area contributed by atoms with Crippen LogP contribution in [0.1, 0.15) is 17.3 Å². The Kier molecular flexibility index (Phi) is 5.14. The van der Waals surface area contributed by atoms with Gasteiger partial charge in [-0.2, -0.15) is 0 Å². The van der Waals surface area contributed by atoms with Crippen molar-refractivity contribution in [2.24, 2.45) is 0 Å². The maximum atomic E-state index is 11.9. The van der Waals surface area contributed by atoms with Crippen LogP contribution in [-0.4, -0.2) is 28.2 Å². The van der Waals surface area contributed by atoms with E-state index in [0.717, 1.165) is 0 Å². The molecule has 0 aliphatic rings. The zero-order chi connectivity index (χ0) is 13.0. The molecule has 94 valence electrons. The maximum Gasteiger partial charge on any atom is 0.252 e. The van der Waals surface area contributed by atoms with Crippen molar-refractivity contribution in [1.29, 1.82) is 0 Å². The summed E-state index contributed by atoms with van der Waals surface area (Å²) in [4.78, 5) is 11.9. The molecule has 17 heavy (non-hydrogen) atoms. The fourth-order valence-corrected chi connectivity index (χ4v) is 2.63. The summed E-state index contributed by atoms with van der Waals surface area (Å²) in [6, 6.07) is 4.91. The molecule has 0 saturated heterocycles. The molecule has 1 aromatic carbocycles. The van der Waals surface area contributed by atoms with Crippen LogP contribution < -0.4 is 11.1 Å². The van der Waals surface area contributed by atoms with Crippen LogP contribution in [0.5, 0.6) is 0 Å². The number of rotatable bonds is 4. The van der Waals surface area contributed by atoms with Gasteiger partial charge in [0.2, 0.25) is 0 Å². The largest absolute Gasteiger partial charge is 0.399 e. The number of anilines is 1. The van der Waals surface area contributed by atoms with E-state index in [4.69, 9.17) is 5.73 Å².